The van der Waals surface area contributed by atoms with Crippen molar-refractivity contribution in [3.63, 3.8) is 0 Å². The van der Waals surface area contributed by atoms with Gasteiger partial charge < -0.3 is 4.74 Å². The molecule has 0 radical (unpaired) electrons. The zero-order valence-corrected chi connectivity index (χ0v) is 15.9. The van der Waals surface area contributed by atoms with Crippen LogP contribution in [0.3, 0.4) is 0 Å². The Kier molecular flexibility index (Phi) is 6.20. The summed E-state index contributed by atoms with van der Waals surface area (Å²) in [5.41, 5.74) is 1.53. The van der Waals surface area contributed by atoms with Crippen LogP contribution in [-0.4, -0.2) is 12.7 Å². The molecule has 0 bridgehead atoms. The number of hydrogen-bond acceptors (Lipinski definition) is 1. The molecule has 122 valence electrons. The molecule has 0 aliphatic heterocycles. The third-order valence-electron chi connectivity index (χ3n) is 5.72. The fraction of sp³-hybridized carbons (Fsp3) is 0.700. The third kappa shape index (κ3) is 4.70. The van der Waals surface area contributed by atoms with Gasteiger partial charge in [-0.1, -0.05) is 31.9 Å². The number of halogens is 1. The van der Waals surface area contributed by atoms with Crippen molar-refractivity contribution in [3.8, 4) is 0 Å². The average molecular weight is 412 g/mol. The van der Waals surface area contributed by atoms with Crippen LogP contribution in [0, 0.1) is 15.4 Å². The molecule has 1 nitrogen and oxygen atoms in total. The van der Waals surface area contributed by atoms with Crippen LogP contribution in [-0.2, 0) is 4.74 Å². The predicted octanol–water partition coefficient (Wildman–Crippen LogP) is 6.16. The zero-order chi connectivity index (χ0) is 15.4. The van der Waals surface area contributed by atoms with E-state index in [0.29, 0.717) is 6.10 Å². The van der Waals surface area contributed by atoms with Crippen molar-refractivity contribution >= 4 is 22.6 Å². The minimum absolute atomic E-state index is 0.527. The van der Waals surface area contributed by atoms with E-state index in [1.807, 2.05) is 0 Å². The molecular formula is C20H29IO. The summed E-state index contributed by atoms with van der Waals surface area (Å²) in [4.78, 5) is 0. The van der Waals surface area contributed by atoms with Gasteiger partial charge in [-0.05, 0) is 96.6 Å². The van der Waals surface area contributed by atoms with Crippen molar-refractivity contribution in [2.75, 3.05) is 6.61 Å². The van der Waals surface area contributed by atoms with Gasteiger partial charge in [0.15, 0.2) is 0 Å². The summed E-state index contributed by atoms with van der Waals surface area (Å²) in [5.74, 6) is 2.54. The van der Waals surface area contributed by atoms with E-state index in [0.717, 1.165) is 24.4 Å². The smallest absolute Gasteiger partial charge is 0.0575 e. The van der Waals surface area contributed by atoms with Gasteiger partial charge in [0.2, 0.25) is 0 Å². The number of ether oxygens (including phenoxy) is 1. The summed E-state index contributed by atoms with van der Waals surface area (Å²) in [6.07, 6.45) is 11.2. The summed E-state index contributed by atoms with van der Waals surface area (Å²) < 4.78 is 7.59. The molecule has 2 saturated carbocycles. The van der Waals surface area contributed by atoms with Gasteiger partial charge in [-0.15, -0.1) is 0 Å². The van der Waals surface area contributed by atoms with Crippen LogP contribution < -0.4 is 0 Å². The Bertz CT molecular complexity index is 439. The minimum Gasteiger partial charge on any atom is -0.378 e. The van der Waals surface area contributed by atoms with Gasteiger partial charge in [-0.3, -0.25) is 0 Å². The summed E-state index contributed by atoms with van der Waals surface area (Å²) in [5, 5.41) is 0. The van der Waals surface area contributed by atoms with Crippen molar-refractivity contribution in [2.45, 2.75) is 70.3 Å². The molecular weight excluding hydrogens is 383 g/mol. The maximum absolute atomic E-state index is 6.26. The highest BCUT2D eigenvalue weighted by molar-refractivity contribution is 14.1. The lowest BCUT2D eigenvalue weighted by atomic mass is 9.82. The first kappa shape index (κ1) is 16.8. The van der Waals surface area contributed by atoms with Crippen LogP contribution in [0.5, 0.6) is 0 Å². The Balaban J connectivity index is 1.39. The van der Waals surface area contributed by atoms with Crippen molar-refractivity contribution < 1.29 is 4.74 Å². The van der Waals surface area contributed by atoms with E-state index >= 15 is 0 Å². The first-order chi connectivity index (χ1) is 10.7. The zero-order valence-electron chi connectivity index (χ0n) is 13.8. The third-order valence-corrected chi connectivity index (χ3v) is 6.44. The maximum Gasteiger partial charge on any atom is 0.0575 e. The first-order valence-electron chi connectivity index (χ1n) is 9.07. The van der Waals surface area contributed by atoms with E-state index in [4.69, 9.17) is 4.74 Å². The first-order valence-corrected chi connectivity index (χ1v) is 10.2. The van der Waals surface area contributed by atoms with Gasteiger partial charge in [0.1, 0.15) is 0 Å². The summed E-state index contributed by atoms with van der Waals surface area (Å²) >= 11 is 2.38. The number of rotatable bonds is 4. The van der Waals surface area contributed by atoms with Gasteiger partial charge in [-0.2, -0.15) is 0 Å². The van der Waals surface area contributed by atoms with E-state index in [1.165, 1.54) is 60.5 Å². The molecule has 0 atom stereocenters. The molecule has 2 heteroatoms. The average Bonchev–Trinajstić information content (AvgIpc) is 2.56. The molecule has 1 aromatic rings. The van der Waals surface area contributed by atoms with Crippen LogP contribution >= 0.6 is 22.6 Å². The molecule has 0 N–H and O–H groups in total. The van der Waals surface area contributed by atoms with Gasteiger partial charge >= 0.3 is 0 Å². The van der Waals surface area contributed by atoms with Gasteiger partial charge in [0.05, 0.1) is 6.10 Å². The second-order valence-electron chi connectivity index (χ2n) is 7.48. The van der Waals surface area contributed by atoms with E-state index in [9.17, 15) is 0 Å². The summed E-state index contributed by atoms with van der Waals surface area (Å²) in [6.45, 7) is 3.41. The van der Waals surface area contributed by atoms with Crippen molar-refractivity contribution in [2.24, 2.45) is 11.8 Å². The van der Waals surface area contributed by atoms with Crippen molar-refractivity contribution in [1.29, 1.82) is 0 Å². The normalized spacial score (nSPS) is 32.8. The highest BCUT2D eigenvalue weighted by Gasteiger charge is 2.24. The number of hydrogen-bond donors (Lipinski definition) is 0. The second-order valence-corrected chi connectivity index (χ2v) is 8.73. The van der Waals surface area contributed by atoms with Crippen LogP contribution in [0.4, 0.5) is 0 Å². The van der Waals surface area contributed by atoms with E-state index in [2.05, 4.69) is 53.8 Å². The predicted molar refractivity (Wildman–Crippen MR) is 101 cm³/mol. The Morgan fingerprint density at radius 2 is 1.55 bits per heavy atom. The molecule has 0 amide bonds. The summed E-state index contributed by atoms with van der Waals surface area (Å²) in [6, 6.07) is 9.11. The van der Waals surface area contributed by atoms with Gasteiger partial charge in [0.25, 0.3) is 0 Å². The minimum atomic E-state index is 0.527. The second kappa shape index (κ2) is 8.14. The van der Waals surface area contributed by atoms with Crippen LogP contribution in [0.2, 0.25) is 0 Å². The van der Waals surface area contributed by atoms with Crippen LogP contribution in [0.15, 0.2) is 24.3 Å². The van der Waals surface area contributed by atoms with E-state index in [1.54, 1.807) is 0 Å². The largest absolute Gasteiger partial charge is 0.378 e. The van der Waals surface area contributed by atoms with Crippen molar-refractivity contribution in [1.82, 2.24) is 0 Å². The molecule has 0 heterocycles. The van der Waals surface area contributed by atoms with E-state index < -0.39 is 0 Å². The Labute approximate surface area is 149 Å². The maximum atomic E-state index is 6.26. The highest BCUT2D eigenvalue weighted by atomic mass is 127. The van der Waals surface area contributed by atoms with Crippen molar-refractivity contribution in [3.05, 3.63) is 33.4 Å². The molecule has 2 aliphatic rings. The Hall–Kier alpha value is -0.0900. The summed E-state index contributed by atoms with van der Waals surface area (Å²) in [7, 11) is 0. The Morgan fingerprint density at radius 1 is 0.909 bits per heavy atom. The SMILES string of the molecule is CC1CCC(COC2CCC(c3ccc(I)cc3)CC2)CC1. The van der Waals surface area contributed by atoms with Crippen LogP contribution in [0.1, 0.15) is 69.8 Å². The molecule has 0 spiro atoms. The Morgan fingerprint density at radius 3 is 2.18 bits per heavy atom. The standard InChI is InChI=1S/C20H29IO/c1-15-2-4-16(5-3-15)14-22-20-12-8-18(9-13-20)17-6-10-19(21)11-7-17/h6-7,10-11,15-16,18,20H,2-5,8-9,12-14H2,1H3. The fourth-order valence-electron chi connectivity index (χ4n) is 4.07. The lowest BCUT2D eigenvalue weighted by Crippen LogP contribution is -2.25. The fourth-order valence-corrected chi connectivity index (χ4v) is 4.43. The van der Waals surface area contributed by atoms with E-state index in [-0.39, 0.29) is 0 Å². The molecule has 3 rings (SSSR count). The quantitative estimate of drug-likeness (QED) is 0.538. The van der Waals surface area contributed by atoms with Crippen LogP contribution in [0.25, 0.3) is 0 Å². The molecule has 0 unspecified atom stereocenters. The molecule has 1 aromatic carbocycles. The molecule has 0 aromatic heterocycles. The molecule has 2 fully saturated rings. The topological polar surface area (TPSA) is 9.23 Å². The lowest BCUT2D eigenvalue weighted by molar-refractivity contribution is -0.00404. The highest BCUT2D eigenvalue weighted by Crippen LogP contribution is 2.35. The molecule has 0 saturated heterocycles. The van der Waals surface area contributed by atoms with Gasteiger partial charge in [-0.25, -0.2) is 0 Å². The molecule has 2 aliphatic carbocycles. The molecule has 22 heavy (non-hydrogen) atoms. The monoisotopic (exact) mass is 412 g/mol. The van der Waals surface area contributed by atoms with Gasteiger partial charge in [0, 0.05) is 10.2 Å². The lowest BCUT2D eigenvalue weighted by Gasteiger charge is -2.31. The number of benzene rings is 1.